The molecule has 0 saturated carbocycles. The number of amides is 1. The van der Waals surface area contributed by atoms with Gasteiger partial charge in [-0.1, -0.05) is 6.07 Å². The average Bonchev–Trinajstić information content (AvgIpc) is 3.15. The van der Waals surface area contributed by atoms with Gasteiger partial charge in [-0.15, -0.1) is 24.0 Å². The Hall–Kier alpha value is -1.31. The molecule has 2 aliphatic rings. The van der Waals surface area contributed by atoms with E-state index in [4.69, 9.17) is 5.73 Å². The largest absolute Gasteiger partial charge is 0.370 e. The molecule has 3 N–H and O–H groups in total. The van der Waals surface area contributed by atoms with Crippen LogP contribution in [0.2, 0.25) is 0 Å². The van der Waals surface area contributed by atoms with E-state index < -0.39 is 0 Å². The van der Waals surface area contributed by atoms with Crippen LogP contribution in [0.1, 0.15) is 30.4 Å². The van der Waals surface area contributed by atoms with Gasteiger partial charge in [0.05, 0.1) is 0 Å². The number of fused-ring (bicyclic) bond motifs is 1. The number of benzene rings is 1. The standard InChI is InChI=1S/C16H22N4O.HI/c17-16(18-11-15(21)20-8-1-2-9-20)19-14-7-6-12-4-3-5-13(12)10-14;/h6-7,10H,1-5,8-9,11H2,(H3,17,18,19);1H. The highest BCUT2D eigenvalue weighted by atomic mass is 127. The SMILES string of the molecule is I.NC(=NCC(=O)N1CCCC1)Nc1ccc2c(c1)CCC2. The quantitative estimate of drug-likeness (QED) is 0.453. The first-order valence-electron chi connectivity index (χ1n) is 7.69. The second-order valence-electron chi connectivity index (χ2n) is 5.75. The predicted molar refractivity (Wildman–Crippen MR) is 99.8 cm³/mol. The zero-order valence-corrected chi connectivity index (χ0v) is 15.0. The summed E-state index contributed by atoms with van der Waals surface area (Å²) in [6.45, 7) is 1.84. The van der Waals surface area contributed by atoms with E-state index in [-0.39, 0.29) is 36.4 Å². The summed E-state index contributed by atoms with van der Waals surface area (Å²) < 4.78 is 0. The first-order valence-corrected chi connectivity index (χ1v) is 7.69. The number of anilines is 1. The van der Waals surface area contributed by atoms with Crippen LogP contribution in [0.3, 0.4) is 0 Å². The van der Waals surface area contributed by atoms with Crippen LogP contribution in [-0.4, -0.2) is 36.4 Å². The van der Waals surface area contributed by atoms with Crippen molar-refractivity contribution in [2.75, 3.05) is 25.0 Å². The third-order valence-corrected chi connectivity index (χ3v) is 4.21. The van der Waals surface area contributed by atoms with E-state index in [0.29, 0.717) is 5.96 Å². The van der Waals surface area contributed by atoms with Crippen molar-refractivity contribution in [3.8, 4) is 0 Å². The minimum Gasteiger partial charge on any atom is -0.370 e. The maximum atomic E-state index is 11.9. The Balaban J connectivity index is 0.00000176. The molecule has 0 unspecified atom stereocenters. The molecule has 0 atom stereocenters. The minimum absolute atomic E-state index is 0. The van der Waals surface area contributed by atoms with E-state index in [2.05, 4.69) is 22.4 Å². The number of aliphatic imine (C=N–C) groups is 1. The number of aryl methyl sites for hydroxylation is 2. The molecule has 1 aliphatic carbocycles. The van der Waals surface area contributed by atoms with Gasteiger partial charge in [-0.25, -0.2) is 4.99 Å². The zero-order chi connectivity index (χ0) is 14.7. The number of halogens is 1. The fourth-order valence-corrected chi connectivity index (χ4v) is 3.06. The van der Waals surface area contributed by atoms with E-state index in [1.54, 1.807) is 0 Å². The molecule has 22 heavy (non-hydrogen) atoms. The summed E-state index contributed by atoms with van der Waals surface area (Å²) >= 11 is 0. The molecule has 0 bridgehead atoms. The maximum Gasteiger partial charge on any atom is 0.244 e. The summed E-state index contributed by atoms with van der Waals surface area (Å²) in [6, 6.07) is 6.30. The second kappa shape index (κ2) is 7.80. The highest BCUT2D eigenvalue weighted by Crippen LogP contribution is 2.24. The lowest BCUT2D eigenvalue weighted by atomic mass is 10.1. The summed E-state index contributed by atoms with van der Waals surface area (Å²) in [5.74, 6) is 0.367. The van der Waals surface area contributed by atoms with Crippen LogP contribution in [-0.2, 0) is 17.6 Å². The number of hydrogen-bond acceptors (Lipinski definition) is 2. The predicted octanol–water partition coefficient (Wildman–Crippen LogP) is 2.14. The van der Waals surface area contributed by atoms with E-state index >= 15 is 0 Å². The number of nitrogens with zero attached hydrogens (tertiary/aromatic N) is 2. The van der Waals surface area contributed by atoms with Crippen molar-refractivity contribution in [3.05, 3.63) is 29.3 Å². The number of guanidine groups is 1. The van der Waals surface area contributed by atoms with E-state index in [9.17, 15) is 4.79 Å². The first kappa shape index (κ1) is 17.1. The van der Waals surface area contributed by atoms with Crippen LogP contribution in [0.4, 0.5) is 5.69 Å². The highest BCUT2D eigenvalue weighted by molar-refractivity contribution is 14.0. The molecule has 6 heteroatoms. The molecular formula is C16H23IN4O. The molecule has 0 aromatic heterocycles. The van der Waals surface area contributed by atoms with Gasteiger partial charge in [0.1, 0.15) is 6.54 Å². The Morgan fingerprint density at radius 1 is 1.18 bits per heavy atom. The molecule has 3 rings (SSSR count). The fourth-order valence-electron chi connectivity index (χ4n) is 3.06. The third-order valence-electron chi connectivity index (χ3n) is 4.21. The number of likely N-dealkylation sites (tertiary alicyclic amines) is 1. The van der Waals surface area contributed by atoms with Gasteiger partial charge in [0.25, 0.3) is 0 Å². The van der Waals surface area contributed by atoms with Gasteiger partial charge < -0.3 is 16.0 Å². The Labute approximate surface area is 148 Å². The Bertz CT molecular complexity index is 567. The van der Waals surface area contributed by atoms with Crippen molar-refractivity contribution in [1.82, 2.24) is 4.90 Å². The van der Waals surface area contributed by atoms with E-state index in [1.165, 1.54) is 24.0 Å². The van der Waals surface area contributed by atoms with Crippen LogP contribution in [0.25, 0.3) is 0 Å². The average molecular weight is 414 g/mol. The fraction of sp³-hybridized carbons (Fsp3) is 0.500. The first-order chi connectivity index (χ1) is 10.2. The molecule has 1 saturated heterocycles. The summed E-state index contributed by atoms with van der Waals surface area (Å²) in [4.78, 5) is 17.9. The molecule has 1 aromatic rings. The summed E-state index contributed by atoms with van der Waals surface area (Å²) in [5, 5.41) is 3.07. The Morgan fingerprint density at radius 2 is 1.91 bits per heavy atom. The van der Waals surface area contributed by atoms with Crippen LogP contribution in [0.5, 0.6) is 0 Å². The van der Waals surface area contributed by atoms with E-state index in [1.807, 2.05) is 11.0 Å². The van der Waals surface area contributed by atoms with Crippen molar-refractivity contribution in [3.63, 3.8) is 0 Å². The number of carbonyl (C=O) groups excluding carboxylic acids is 1. The van der Waals surface area contributed by atoms with Crippen molar-refractivity contribution in [2.24, 2.45) is 10.7 Å². The van der Waals surface area contributed by atoms with Crippen molar-refractivity contribution >= 4 is 41.5 Å². The molecule has 1 aliphatic heterocycles. The number of carbonyl (C=O) groups is 1. The molecule has 1 fully saturated rings. The summed E-state index contributed by atoms with van der Waals surface area (Å²) in [5.41, 5.74) is 9.64. The van der Waals surface area contributed by atoms with Gasteiger partial charge >= 0.3 is 0 Å². The lowest BCUT2D eigenvalue weighted by Crippen LogP contribution is -2.31. The summed E-state index contributed by atoms with van der Waals surface area (Å²) in [7, 11) is 0. The van der Waals surface area contributed by atoms with Gasteiger partial charge in [0, 0.05) is 18.8 Å². The molecule has 1 heterocycles. The molecule has 0 radical (unpaired) electrons. The highest BCUT2D eigenvalue weighted by Gasteiger charge is 2.17. The van der Waals surface area contributed by atoms with Gasteiger partial charge in [-0.3, -0.25) is 4.79 Å². The van der Waals surface area contributed by atoms with Crippen molar-refractivity contribution in [2.45, 2.75) is 32.1 Å². The minimum atomic E-state index is 0. The lowest BCUT2D eigenvalue weighted by Gasteiger charge is -2.13. The normalized spacial score (nSPS) is 17.1. The smallest absolute Gasteiger partial charge is 0.244 e. The Morgan fingerprint density at radius 3 is 2.68 bits per heavy atom. The lowest BCUT2D eigenvalue weighted by molar-refractivity contribution is -0.128. The van der Waals surface area contributed by atoms with Crippen molar-refractivity contribution in [1.29, 1.82) is 0 Å². The van der Waals surface area contributed by atoms with Gasteiger partial charge in [-0.2, -0.15) is 0 Å². The van der Waals surface area contributed by atoms with Crippen LogP contribution in [0.15, 0.2) is 23.2 Å². The topological polar surface area (TPSA) is 70.7 Å². The Kier molecular flexibility index (Phi) is 6.05. The molecule has 1 amide bonds. The van der Waals surface area contributed by atoms with Gasteiger partial charge in [0.15, 0.2) is 5.96 Å². The van der Waals surface area contributed by atoms with Crippen LogP contribution >= 0.6 is 24.0 Å². The molecule has 1 aromatic carbocycles. The molecule has 120 valence electrons. The van der Waals surface area contributed by atoms with Crippen LogP contribution < -0.4 is 11.1 Å². The molecule has 5 nitrogen and oxygen atoms in total. The maximum absolute atomic E-state index is 11.9. The van der Waals surface area contributed by atoms with Gasteiger partial charge in [0.2, 0.25) is 5.91 Å². The van der Waals surface area contributed by atoms with Crippen molar-refractivity contribution < 1.29 is 4.79 Å². The third kappa shape index (κ3) is 4.12. The van der Waals surface area contributed by atoms with Crippen LogP contribution in [0, 0.1) is 0 Å². The number of rotatable bonds is 3. The molecular weight excluding hydrogens is 391 g/mol. The monoisotopic (exact) mass is 414 g/mol. The number of hydrogen-bond donors (Lipinski definition) is 2. The molecule has 0 spiro atoms. The number of nitrogens with two attached hydrogens (primary N) is 1. The second-order valence-corrected chi connectivity index (χ2v) is 5.75. The number of nitrogens with one attached hydrogen (secondary N) is 1. The van der Waals surface area contributed by atoms with E-state index in [0.717, 1.165) is 38.0 Å². The summed E-state index contributed by atoms with van der Waals surface area (Å²) in [6.07, 6.45) is 5.72. The van der Waals surface area contributed by atoms with Gasteiger partial charge in [-0.05, 0) is 55.4 Å². The zero-order valence-electron chi connectivity index (χ0n) is 12.7.